The van der Waals surface area contributed by atoms with Gasteiger partial charge in [0.15, 0.2) is 0 Å². The van der Waals surface area contributed by atoms with E-state index in [0.717, 1.165) is 38.6 Å². The molecule has 3 heteroatoms. The lowest BCUT2D eigenvalue weighted by Gasteiger charge is -2.35. The second-order valence-corrected chi connectivity index (χ2v) is 17.6. The molecule has 9 aromatic carbocycles. The molecule has 0 radical (unpaired) electrons. The van der Waals surface area contributed by atoms with Crippen LogP contribution in [0.1, 0.15) is 47.2 Å². The Morgan fingerprint density at radius 1 is 0.311 bits per heavy atom. The van der Waals surface area contributed by atoms with E-state index >= 15 is 0 Å². The summed E-state index contributed by atoms with van der Waals surface area (Å²) >= 11 is 4.02. The van der Waals surface area contributed by atoms with Gasteiger partial charge in [-0.3, -0.25) is 0 Å². The first-order valence-electron chi connectivity index (χ1n) is 21.0. The minimum atomic E-state index is -0.514. The van der Waals surface area contributed by atoms with E-state index < -0.39 is 5.41 Å². The monoisotopic (exact) mass is 846 g/mol. The van der Waals surface area contributed by atoms with Crippen molar-refractivity contribution in [3.63, 3.8) is 0 Å². The van der Waals surface area contributed by atoms with Crippen LogP contribution in [-0.2, 0) is 10.8 Å². The molecule has 0 amide bonds. The minimum absolute atomic E-state index is 0.126. The molecule has 0 atom stereocenters. The van der Waals surface area contributed by atoms with Crippen LogP contribution in [0, 0.1) is 0 Å². The summed E-state index contributed by atoms with van der Waals surface area (Å²) in [6.07, 6.45) is 0. The number of hydrogen-bond donors (Lipinski definition) is 0. The second-order valence-electron chi connectivity index (χ2n) is 16.7. The largest absolute Gasteiger partial charge is 0.310 e. The fourth-order valence-electron chi connectivity index (χ4n) is 10.3. The molecule has 0 saturated carbocycles. The standard InChI is InChI=1S/C58H43BrN2/c1-57(2)53-29-17-15-27-49(53)51-33-31-45(38-55(51)57)60(43-23-11-5-12-24-43)47-35-42(59)36-48(37-47)61(44-25-13-6-14-26-44)46-32-34-52-50-28-16-18-30-54(50)58(56(52)39-46,40-19-7-3-8-20-40)41-21-9-4-10-22-41/h3-39H,1-2H3. The van der Waals surface area contributed by atoms with Gasteiger partial charge in [-0.05, 0) is 122 Å². The highest BCUT2D eigenvalue weighted by molar-refractivity contribution is 9.10. The van der Waals surface area contributed by atoms with Crippen molar-refractivity contribution >= 4 is 50.1 Å². The maximum Gasteiger partial charge on any atom is 0.0714 e. The van der Waals surface area contributed by atoms with E-state index in [1.807, 2.05) is 0 Å². The molecule has 61 heavy (non-hydrogen) atoms. The molecule has 0 spiro atoms. The molecule has 0 aromatic heterocycles. The van der Waals surface area contributed by atoms with Crippen molar-refractivity contribution in [3.05, 3.63) is 262 Å². The molecule has 0 bridgehead atoms. The molecule has 9 aromatic rings. The molecule has 2 aliphatic rings. The maximum absolute atomic E-state index is 4.02. The van der Waals surface area contributed by atoms with Crippen molar-refractivity contribution in [2.24, 2.45) is 0 Å². The van der Waals surface area contributed by atoms with Crippen LogP contribution in [-0.4, -0.2) is 0 Å². The van der Waals surface area contributed by atoms with Gasteiger partial charge in [0.1, 0.15) is 0 Å². The Bertz CT molecular complexity index is 3030. The highest BCUT2D eigenvalue weighted by Gasteiger charge is 2.46. The van der Waals surface area contributed by atoms with E-state index in [1.165, 1.54) is 55.6 Å². The molecule has 0 unspecified atom stereocenters. The van der Waals surface area contributed by atoms with Crippen LogP contribution in [0.4, 0.5) is 34.1 Å². The Morgan fingerprint density at radius 3 is 1.23 bits per heavy atom. The van der Waals surface area contributed by atoms with Gasteiger partial charge >= 0.3 is 0 Å². The van der Waals surface area contributed by atoms with Gasteiger partial charge in [0.2, 0.25) is 0 Å². The first kappa shape index (κ1) is 37.1. The summed E-state index contributed by atoms with van der Waals surface area (Å²) in [5.74, 6) is 0. The second kappa shape index (κ2) is 14.7. The molecular weight excluding hydrogens is 805 g/mol. The highest BCUT2D eigenvalue weighted by Crippen LogP contribution is 2.58. The van der Waals surface area contributed by atoms with E-state index in [0.29, 0.717) is 0 Å². The number of para-hydroxylation sites is 2. The zero-order valence-electron chi connectivity index (χ0n) is 34.1. The van der Waals surface area contributed by atoms with Gasteiger partial charge in [0.05, 0.1) is 5.41 Å². The fourth-order valence-corrected chi connectivity index (χ4v) is 10.7. The summed E-state index contributed by atoms with van der Waals surface area (Å²) in [5.41, 5.74) is 18.8. The summed E-state index contributed by atoms with van der Waals surface area (Å²) in [6.45, 7) is 4.70. The molecule has 0 fully saturated rings. The average Bonchev–Trinajstić information content (AvgIpc) is 3.73. The zero-order valence-corrected chi connectivity index (χ0v) is 35.7. The van der Waals surface area contributed by atoms with E-state index in [-0.39, 0.29) is 5.41 Å². The third-order valence-corrected chi connectivity index (χ3v) is 13.4. The van der Waals surface area contributed by atoms with Crippen molar-refractivity contribution in [3.8, 4) is 22.3 Å². The van der Waals surface area contributed by atoms with E-state index in [9.17, 15) is 0 Å². The number of rotatable bonds is 8. The molecule has 0 heterocycles. The quantitative estimate of drug-likeness (QED) is 0.150. The van der Waals surface area contributed by atoms with E-state index in [4.69, 9.17) is 0 Å². The number of nitrogens with zero attached hydrogens (tertiary/aromatic N) is 2. The highest BCUT2D eigenvalue weighted by atomic mass is 79.9. The summed E-state index contributed by atoms with van der Waals surface area (Å²) in [7, 11) is 0. The van der Waals surface area contributed by atoms with Crippen LogP contribution in [0.5, 0.6) is 0 Å². The number of anilines is 6. The van der Waals surface area contributed by atoms with Crippen LogP contribution >= 0.6 is 15.9 Å². The lowest BCUT2D eigenvalue weighted by molar-refractivity contribution is 0.660. The SMILES string of the molecule is CC1(C)c2ccccc2-c2ccc(N(c3ccccc3)c3cc(Br)cc(N(c4ccccc4)c4ccc5c(c4)C(c4ccccc4)(c4ccccc4)c4ccccc4-5)c3)cc21. The predicted molar refractivity (Wildman–Crippen MR) is 258 cm³/mol. The summed E-state index contributed by atoms with van der Waals surface area (Å²) in [5, 5.41) is 0. The van der Waals surface area contributed by atoms with Gasteiger partial charge in [0.25, 0.3) is 0 Å². The van der Waals surface area contributed by atoms with Crippen LogP contribution in [0.25, 0.3) is 22.3 Å². The molecule has 0 saturated heterocycles. The third kappa shape index (κ3) is 5.90. The summed E-state index contributed by atoms with van der Waals surface area (Å²) in [4.78, 5) is 4.80. The molecule has 0 N–H and O–H groups in total. The van der Waals surface area contributed by atoms with Crippen molar-refractivity contribution in [1.29, 1.82) is 0 Å². The molecule has 0 aliphatic heterocycles. The average molecular weight is 848 g/mol. The first-order chi connectivity index (χ1) is 29.9. The van der Waals surface area contributed by atoms with Gasteiger partial charge in [0, 0.05) is 44.0 Å². The zero-order chi connectivity index (χ0) is 41.1. The lowest BCUT2D eigenvalue weighted by atomic mass is 9.67. The normalized spacial score (nSPS) is 13.8. The van der Waals surface area contributed by atoms with Crippen LogP contribution in [0.2, 0.25) is 0 Å². The molecule has 2 aliphatic carbocycles. The van der Waals surface area contributed by atoms with Gasteiger partial charge in [-0.2, -0.15) is 0 Å². The predicted octanol–water partition coefficient (Wildman–Crippen LogP) is 16.1. The number of benzene rings is 9. The van der Waals surface area contributed by atoms with E-state index in [1.54, 1.807) is 0 Å². The van der Waals surface area contributed by atoms with Gasteiger partial charge < -0.3 is 9.80 Å². The number of fused-ring (bicyclic) bond motifs is 6. The van der Waals surface area contributed by atoms with Crippen LogP contribution < -0.4 is 9.80 Å². The number of halogens is 1. The molecular formula is C58H43BrN2. The maximum atomic E-state index is 4.02. The topological polar surface area (TPSA) is 6.48 Å². The minimum Gasteiger partial charge on any atom is -0.310 e. The molecule has 2 nitrogen and oxygen atoms in total. The lowest BCUT2D eigenvalue weighted by Crippen LogP contribution is -2.28. The van der Waals surface area contributed by atoms with Crippen LogP contribution in [0.15, 0.2) is 229 Å². The van der Waals surface area contributed by atoms with Gasteiger partial charge in [-0.15, -0.1) is 0 Å². The third-order valence-electron chi connectivity index (χ3n) is 12.9. The molecule has 11 rings (SSSR count). The Hall–Kier alpha value is -6.94. The Balaban J connectivity index is 1.11. The molecule has 292 valence electrons. The van der Waals surface area contributed by atoms with Crippen molar-refractivity contribution < 1.29 is 0 Å². The van der Waals surface area contributed by atoms with Crippen molar-refractivity contribution in [2.75, 3.05) is 9.80 Å². The Kier molecular flexibility index (Phi) is 8.91. The first-order valence-corrected chi connectivity index (χ1v) is 21.8. The Labute approximate surface area is 367 Å². The van der Waals surface area contributed by atoms with E-state index in [2.05, 4.69) is 264 Å². The van der Waals surface area contributed by atoms with Gasteiger partial charge in [-0.25, -0.2) is 0 Å². The summed E-state index contributed by atoms with van der Waals surface area (Å²) < 4.78 is 0.993. The smallest absolute Gasteiger partial charge is 0.0714 e. The Morgan fingerprint density at radius 2 is 0.705 bits per heavy atom. The fraction of sp³-hybridized carbons (Fsp3) is 0.0690. The summed E-state index contributed by atoms with van der Waals surface area (Å²) in [6, 6.07) is 82.3. The van der Waals surface area contributed by atoms with Crippen molar-refractivity contribution in [2.45, 2.75) is 24.7 Å². The van der Waals surface area contributed by atoms with Crippen molar-refractivity contribution in [1.82, 2.24) is 0 Å². The van der Waals surface area contributed by atoms with Crippen LogP contribution in [0.3, 0.4) is 0 Å². The number of hydrogen-bond acceptors (Lipinski definition) is 2. The van der Waals surface area contributed by atoms with Gasteiger partial charge in [-0.1, -0.05) is 188 Å².